The number of methoxy groups -OCH3 is 1. The molecule has 7 nitrogen and oxygen atoms in total. The van der Waals surface area contributed by atoms with Gasteiger partial charge in [0.05, 0.1) is 23.9 Å². The molecule has 0 fully saturated rings. The average Bonchev–Trinajstić information content (AvgIpc) is 2.68. The number of amides is 2. The molecule has 27 heavy (non-hydrogen) atoms. The molecule has 0 unspecified atom stereocenters. The van der Waals surface area contributed by atoms with Crippen molar-refractivity contribution in [1.82, 2.24) is 0 Å². The van der Waals surface area contributed by atoms with E-state index in [2.05, 4.69) is 10.1 Å². The van der Waals surface area contributed by atoms with Gasteiger partial charge >= 0.3 is 5.97 Å². The first kappa shape index (κ1) is 19.7. The highest BCUT2D eigenvalue weighted by molar-refractivity contribution is 5.96. The predicted molar refractivity (Wildman–Crippen MR) is 100 cm³/mol. The number of para-hydroxylation sites is 1. The SMILES string of the molecule is COC(=O)c1ccc(NC(=O)CCN(C(C)=O)c2ccccc2C#N)cc1. The summed E-state index contributed by atoms with van der Waals surface area (Å²) in [6.45, 7) is 1.53. The Balaban J connectivity index is 2.01. The van der Waals surface area contributed by atoms with E-state index in [0.717, 1.165) is 0 Å². The molecule has 0 atom stereocenters. The highest BCUT2D eigenvalue weighted by Gasteiger charge is 2.16. The van der Waals surface area contributed by atoms with Crippen molar-refractivity contribution in [3.05, 3.63) is 59.7 Å². The van der Waals surface area contributed by atoms with Crippen LogP contribution in [0.4, 0.5) is 11.4 Å². The van der Waals surface area contributed by atoms with Crippen molar-refractivity contribution in [2.45, 2.75) is 13.3 Å². The number of nitriles is 1. The van der Waals surface area contributed by atoms with Gasteiger partial charge in [-0.1, -0.05) is 12.1 Å². The molecule has 0 radical (unpaired) electrons. The Bertz CT molecular complexity index is 885. The first-order valence-corrected chi connectivity index (χ1v) is 8.21. The van der Waals surface area contributed by atoms with Gasteiger partial charge in [-0.3, -0.25) is 9.59 Å². The zero-order valence-electron chi connectivity index (χ0n) is 15.1. The number of esters is 1. The van der Waals surface area contributed by atoms with Crippen LogP contribution in [0.5, 0.6) is 0 Å². The average molecular weight is 365 g/mol. The first-order valence-electron chi connectivity index (χ1n) is 8.21. The lowest BCUT2D eigenvalue weighted by atomic mass is 10.1. The van der Waals surface area contributed by atoms with Gasteiger partial charge in [0, 0.05) is 25.6 Å². The Morgan fingerprint density at radius 1 is 1.11 bits per heavy atom. The molecule has 0 saturated heterocycles. The molecule has 0 spiro atoms. The van der Waals surface area contributed by atoms with Crippen LogP contribution in [0.1, 0.15) is 29.3 Å². The number of carbonyl (C=O) groups excluding carboxylic acids is 3. The molecular formula is C20H19N3O4. The maximum Gasteiger partial charge on any atom is 0.337 e. The number of rotatable bonds is 6. The summed E-state index contributed by atoms with van der Waals surface area (Å²) in [5.41, 5.74) is 1.75. The number of hydrogen-bond donors (Lipinski definition) is 1. The van der Waals surface area contributed by atoms with E-state index in [1.807, 2.05) is 6.07 Å². The molecule has 0 aliphatic carbocycles. The summed E-state index contributed by atoms with van der Waals surface area (Å²) in [6.07, 6.45) is 0.0537. The van der Waals surface area contributed by atoms with Crippen LogP contribution in [0.15, 0.2) is 48.5 Å². The Kier molecular flexibility index (Phi) is 6.67. The lowest BCUT2D eigenvalue weighted by Crippen LogP contribution is -2.32. The van der Waals surface area contributed by atoms with Gasteiger partial charge in [-0.25, -0.2) is 4.79 Å². The van der Waals surface area contributed by atoms with Gasteiger partial charge in [-0.2, -0.15) is 5.26 Å². The maximum absolute atomic E-state index is 12.2. The molecule has 7 heteroatoms. The summed E-state index contributed by atoms with van der Waals surface area (Å²) in [5.74, 6) is -1.00. The topological polar surface area (TPSA) is 99.5 Å². The highest BCUT2D eigenvalue weighted by Crippen LogP contribution is 2.20. The summed E-state index contributed by atoms with van der Waals surface area (Å²) in [6, 6.07) is 15.1. The molecular weight excluding hydrogens is 346 g/mol. The van der Waals surface area contributed by atoms with Gasteiger partial charge in [-0.05, 0) is 36.4 Å². The van der Waals surface area contributed by atoms with E-state index >= 15 is 0 Å². The number of anilines is 2. The third-order valence-electron chi connectivity index (χ3n) is 3.85. The van der Waals surface area contributed by atoms with E-state index in [-0.39, 0.29) is 24.8 Å². The largest absolute Gasteiger partial charge is 0.465 e. The van der Waals surface area contributed by atoms with Crippen LogP contribution in [0, 0.1) is 11.3 Å². The number of carbonyl (C=O) groups is 3. The summed E-state index contributed by atoms with van der Waals surface area (Å²) < 4.78 is 4.62. The number of ether oxygens (including phenoxy) is 1. The van der Waals surface area contributed by atoms with E-state index in [9.17, 15) is 19.6 Å². The Morgan fingerprint density at radius 3 is 2.37 bits per heavy atom. The van der Waals surface area contributed by atoms with E-state index in [4.69, 9.17) is 0 Å². The van der Waals surface area contributed by atoms with Gasteiger partial charge in [-0.15, -0.1) is 0 Å². The van der Waals surface area contributed by atoms with Gasteiger partial charge in [0.15, 0.2) is 0 Å². The molecule has 0 bridgehead atoms. The minimum atomic E-state index is -0.457. The second kappa shape index (κ2) is 9.15. The summed E-state index contributed by atoms with van der Waals surface area (Å²) in [7, 11) is 1.29. The summed E-state index contributed by atoms with van der Waals surface area (Å²) in [5, 5.41) is 11.9. The third kappa shape index (κ3) is 5.16. The number of nitrogens with zero attached hydrogens (tertiary/aromatic N) is 2. The molecule has 0 heterocycles. The molecule has 0 aliphatic heterocycles. The number of nitrogens with one attached hydrogen (secondary N) is 1. The molecule has 138 valence electrons. The molecule has 1 N–H and O–H groups in total. The monoisotopic (exact) mass is 365 g/mol. The molecule has 0 aromatic heterocycles. The zero-order valence-corrected chi connectivity index (χ0v) is 15.1. The molecule has 2 rings (SSSR count). The Labute approximate surface area is 157 Å². The quantitative estimate of drug-likeness (QED) is 0.794. The lowest BCUT2D eigenvalue weighted by molar-refractivity contribution is -0.117. The van der Waals surface area contributed by atoms with Crippen LogP contribution in [-0.2, 0) is 14.3 Å². The van der Waals surface area contributed by atoms with Gasteiger partial charge in [0.1, 0.15) is 6.07 Å². The minimum Gasteiger partial charge on any atom is -0.465 e. The van der Waals surface area contributed by atoms with Gasteiger partial charge in [0.2, 0.25) is 11.8 Å². The van der Waals surface area contributed by atoms with Gasteiger partial charge < -0.3 is 15.0 Å². The highest BCUT2D eigenvalue weighted by atomic mass is 16.5. The fraction of sp³-hybridized carbons (Fsp3) is 0.200. The fourth-order valence-corrected chi connectivity index (χ4v) is 2.50. The smallest absolute Gasteiger partial charge is 0.337 e. The van der Waals surface area contributed by atoms with Crippen molar-refractivity contribution in [3.63, 3.8) is 0 Å². The van der Waals surface area contributed by atoms with Crippen molar-refractivity contribution in [1.29, 1.82) is 5.26 Å². The molecule has 2 aromatic carbocycles. The van der Waals surface area contributed by atoms with E-state index in [0.29, 0.717) is 22.5 Å². The van der Waals surface area contributed by atoms with Gasteiger partial charge in [0.25, 0.3) is 0 Å². The second-order valence-corrected chi connectivity index (χ2v) is 5.67. The van der Waals surface area contributed by atoms with Crippen LogP contribution in [0.2, 0.25) is 0 Å². The molecule has 2 aromatic rings. The summed E-state index contributed by atoms with van der Waals surface area (Å²) >= 11 is 0. The van der Waals surface area contributed by atoms with Crippen LogP contribution in [0.3, 0.4) is 0 Å². The van der Waals surface area contributed by atoms with Crippen molar-refractivity contribution < 1.29 is 19.1 Å². The number of benzene rings is 2. The van der Waals surface area contributed by atoms with E-state index in [1.54, 1.807) is 48.5 Å². The Morgan fingerprint density at radius 2 is 1.78 bits per heavy atom. The van der Waals surface area contributed by atoms with Crippen LogP contribution in [0.25, 0.3) is 0 Å². The normalized spacial score (nSPS) is 9.81. The van der Waals surface area contributed by atoms with Crippen molar-refractivity contribution in [2.24, 2.45) is 0 Å². The number of hydrogen-bond acceptors (Lipinski definition) is 5. The zero-order chi connectivity index (χ0) is 19.8. The summed E-state index contributed by atoms with van der Waals surface area (Å²) in [4.78, 5) is 37.0. The van der Waals surface area contributed by atoms with Crippen molar-refractivity contribution in [2.75, 3.05) is 23.9 Å². The van der Waals surface area contributed by atoms with Crippen LogP contribution >= 0.6 is 0 Å². The maximum atomic E-state index is 12.2. The molecule has 0 aliphatic rings. The van der Waals surface area contributed by atoms with Crippen molar-refractivity contribution >= 4 is 29.2 Å². The fourth-order valence-electron chi connectivity index (χ4n) is 2.50. The lowest BCUT2D eigenvalue weighted by Gasteiger charge is -2.22. The molecule has 0 saturated carbocycles. The standard InChI is InChI=1S/C20H19N3O4/c1-14(24)23(18-6-4-3-5-16(18)13-21)12-11-19(25)22-17-9-7-15(8-10-17)20(26)27-2/h3-10H,11-12H2,1-2H3,(H,22,25). The van der Waals surface area contributed by atoms with Crippen LogP contribution < -0.4 is 10.2 Å². The second-order valence-electron chi connectivity index (χ2n) is 5.67. The van der Waals surface area contributed by atoms with Crippen molar-refractivity contribution in [3.8, 4) is 6.07 Å². The first-order chi connectivity index (χ1) is 13.0. The van der Waals surface area contributed by atoms with E-state index < -0.39 is 5.97 Å². The Hall–Kier alpha value is -3.66. The third-order valence-corrected chi connectivity index (χ3v) is 3.85. The van der Waals surface area contributed by atoms with Crippen LogP contribution in [-0.4, -0.2) is 31.4 Å². The molecule has 2 amide bonds. The minimum absolute atomic E-state index is 0.0537. The predicted octanol–water partition coefficient (Wildman–Crippen LogP) is 2.73. The van der Waals surface area contributed by atoms with E-state index in [1.165, 1.54) is 18.9 Å².